The fourth-order valence-electron chi connectivity index (χ4n) is 1.35. The number of benzene rings is 1. The summed E-state index contributed by atoms with van der Waals surface area (Å²) in [5.41, 5.74) is 7.85. The second kappa shape index (κ2) is 4.28. The maximum Gasteiger partial charge on any atom is 0.154 e. The zero-order valence-electron chi connectivity index (χ0n) is 8.22. The molecule has 0 fully saturated rings. The monoisotopic (exact) mass is 233 g/mol. The van der Waals surface area contributed by atoms with Crippen LogP contribution in [0.4, 0.5) is 5.82 Å². The molecule has 0 spiro atoms. The van der Waals surface area contributed by atoms with E-state index in [1.54, 1.807) is 30.3 Å². The van der Waals surface area contributed by atoms with E-state index in [1.165, 1.54) is 0 Å². The van der Waals surface area contributed by atoms with Gasteiger partial charge in [-0.2, -0.15) is 0 Å². The lowest BCUT2D eigenvalue weighted by atomic mass is 10.1. The lowest BCUT2D eigenvalue weighted by Crippen LogP contribution is -1.96. The van der Waals surface area contributed by atoms with Crippen molar-refractivity contribution in [1.82, 2.24) is 10.2 Å². The zero-order chi connectivity index (χ0) is 11.5. The van der Waals surface area contributed by atoms with Crippen molar-refractivity contribution in [3.8, 4) is 11.1 Å². The first-order valence-corrected chi connectivity index (χ1v) is 4.93. The van der Waals surface area contributed by atoms with E-state index >= 15 is 0 Å². The number of halogens is 1. The Balaban J connectivity index is 2.49. The van der Waals surface area contributed by atoms with Crippen LogP contribution in [0.15, 0.2) is 30.3 Å². The summed E-state index contributed by atoms with van der Waals surface area (Å²) in [5.74, 6) is 0.309. The molecule has 80 valence electrons. The molecule has 0 unspecified atom stereocenters. The van der Waals surface area contributed by atoms with E-state index in [9.17, 15) is 4.79 Å². The number of carbonyl (C=O) groups is 1. The molecule has 0 amide bonds. The van der Waals surface area contributed by atoms with Gasteiger partial charge in [-0.05, 0) is 11.6 Å². The third kappa shape index (κ3) is 2.01. The van der Waals surface area contributed by atoms with Crippen LogP contribution in [-0.2, 0) is 0 Å². The van der Waals surface area contributed by atoms with Crippen LogP contribution in [0, 0.1) is 0 Å². The van der Waals surface area contributed by atoms with Crippen LogP contribution >= 0.6 is 11.6 Å². The van der Waals surface area contributed by atoms with Gasteiger partial charge in [-0.15, -0.1) is 10.2 Å². The Hall–Kier alpha value is -1.94. The molecule has 1 aromatic heterocycles. The summed E-state index contributed by atoms with van der Waals surface area (Å²) < 4.78 is 0. The fourth-order valence-corrected chi connectivity index (χ4v) is 1.50. The molecule has 2 rings (SSSR count). The Kier molecular flexibility index (Phi) is 2.83. The largest absolute Gasteiger partial charge is 0.382 e. The number of aromatic nitrogens is 2. The average Bonchev–Trinajstić information content (AvgIpc) is 2.32. The highest BCUT2D eigenvalue weighted by Gasteiger charge is 2.05. The topological polar surface area (TPSA) is 68.9 Å². The minimum absolute atomic E-state index is 0.281. The number of anilines is 1. The van der Waals surface area contributed by atoms with Crippen LogP contribution in [-0.4, -0.2) is 16.5 Å². The summed E-state index contributed by atoms with van der Waals surface area (Å²) in [6, 6.07) is 8.62. The first kappa shape index (κ1) is 10.6. The fraction of sp³-hybridized carbons (Fsp3) is 0. The lowest BCUT2D eigenvalue weighted by Gasteiger charge is -2.04. The van der Waals surface area contributed by atoms with Gasteiger partial charge in [0.15, 0.2) is 11.0 Å². The highest BCUT2D eigenvalue weighted by molar-refractivity contribution is 6.29. The van der Waals surface area contributed by atoms with E-state index in [2.05, 4.69) is 10.2 Å². The Morgan fingerprint density at radius 1 is 1.19 bits per heavy atom. The van der Waals surface area contributed by atoms with E-state index in [-0.39, 0.29) is 5.15 Å². The molecule has 1 aromatic carbocycles. The Morgan fingerprint density at radius 3 is 2.50 bits per heavy atom. The Bertz CT molecular complexity index is 525. The van der Waals surface area contributed by atoms with Crippen molar-refractivity contribution in [3.63, 3.8) is 0 Å². The molecule has 0 bridgehead atoms. The standard InChI is InChI=1S/C11H8ClN3O/c12-10-5-9(11(13)15-14-10)8-3-1-7(6-16)2-4-8/h1-6H,(H2,13,15). The van der Waals surface area contributed by atoms with Crippen molar-refractivity contribution in [3.05, 3.63) is 41.0 Å². The van der Waals surface area contributed by atoms with Gasteiger partial charge in [0.05, 0.1) is 0 Å². The molecule has 0 saturated heterocycles. The van der Waals surface area contributed by atoms with Gasteiger partial charge in [-0.3, -0.25) is 4.79 Å². The minimum atomic E-state index is 0.281. The maximum absolute atomic E-state index is 10.5. The van der Waals surface area contributed by atoms with E-state index < -0.39 is 0 Å². The van der Waals surface area contributed by atoms with E-state index in [0.717, 1.165) is 11.8 Å². The molecule has 2 aromatic rings. The summed E-state index contributed by atoms with van der Waals surface area (Å²) >= 11 is 5.74. The van der Waals surface area contributed by atoms with Crippen molar-refractivity contribution < 1.29 is 4.79 Å². The Labute approximate surface area is 97.1 Å². The van der Waals surface area contributed by atoms with Gasteiger partial charge in [-0.1, -0.05) is 35.9 Å². The van der Waals surface area contributed by atoms with Crippen LogP contribution in [0.2, 0.25) is 5.15 Å². The number of rotatable bonds is 2. The number of hydrogen-bond acceptors (Lipinski definition) is 4. The molecule has 0 radical (unpaired) electrons. The molecule has 16 heavy (non-hydrogen) atoms. The van der Waals surface area contributed by atoms with Crippen LogP contribution < -0.4 is 5.73 Å². The van der Waals surface area contributed by atoms with Gasteiger partial charge in [-0.25, -0.2) is 0 Å². The second-order valence-corrected chi connectivity index (χ2v) is 3.59. The van der Waals surface area contributed by atoms with Gasteiger partial charge in [0.25, 0.3) is 0 Å². The van der Waals surface area contributed by atoms with Gasteiger partial charge in [0.1, 0.15) is 6.29 Å². The van der Waals surface area contributed by atoms with Gasteiger partial charge >= 0.3 is 0 Å². The number of nitrogen functional groups attached to an aromatic ring is 1. The molecule has 1 heterocycles. The van der Waals surface area contributed by atoms with E-state index in [1.807, 2.05) is 0 Å². The highest BCUT2D eigenvalue weighted by Crippen LogP contribution is 2.25. The molecule has 0 saturated carbocycles. The molecule has 0 aliphatic heterocycles. The van der Waals surface area contributed by atoms with Crippen LogP contribution in [0.1, 0.15) is 10.4 Å². The molecule has 0 atom stereocenters. The number of carbonyl (C=O) groups excluding carboxylic acids is 1. The number of aldehydes is 1. The molecule has 4 nitrogen and oxygen atoms in total. The van der Waals surface area contributed by atoms with Crippen LogP contribution in [0.25, 0.3) is 11.1 Å². The second-order valence-electron chi connectivity index (χ2n) is 3.21. The van der Waals surface area contributed by atoms with E-state index in [0.29, 0.717) is 16.9 Å². The summed E-state index contributed by atoms with van der Waals surface area (Å²) in [6.45, 7) is 0. The van der Waals surface area contributed by atoms with Gasteiger partial charge in [0.2, 0.25) is 0 Å². The summed E-state index contributed by atoms with van der Waals surface area (Å²) in [5, 5.41) is 7.64. The SMILES string of the molecule is Nc1nnc(Cl)cc1-c1ccc(C=O)cc1. The van der Waals surface area contributed by atoms with Crippen molar-refractivity contribution in [2.24, 2.45) is 0 Å². The van der Waals surface area contributed by atoms with E-state index in [4.69, 9.17) is 17.3 Å². The predicted octanol–water partition coefficient (Wildman–Crippen LogP) is 2.19. The number of hydrogen-bond donors (Lipinski definition) is 1. The van der Waals surface area contributed by atoms with Crippen molar-refractivity contribution in [2.75, 3.05) is 5.73 Å². The third-order valence-electron chi connectivity index (χ3n) is 2.15. The molecular weight excluding hydrogens is 226 g/mol. The first-order chi connectivity index (χ1) is 7.70. The third-order valence-corrected chi connectivity index (χ3v) is 2.34. The quantitative estimate of drug-likeness (QED) is 0.808. The minimum Gasteiger partial charge on any atom is -0.382 e. The first-order valence-electron chi connectivity index (χ1n) is 4.55. The van der Waals surface area contributed by atoms with Crippen molar-refractivity contribution in [2.45, 2.75) is 0 Å². The van der Waals surface area contributed by atoms with Gasteiger partial charge in [0, 0.05) is 11.1 Å². The van der Waals surface area contributed by atoms with Gasteiger partial charge < -0.3 is 5.73 Å². The lowest BCUT2D eigenvalue weighted by molar-refractivity contribution is 0.112. The average molecular weight is 234 g/mol. The molecule has 5 heteroatoms. The summed E-state index contributed by atoms with van der Waals surface area (Å²) in [6.07, 6.45) is 0.783. The smallest absolute Gasteiger partial charge is 0.154 e. The Morgan fingerprint density at radius 2 is 1.88 bits per heavy atom. The van der Waals surface area contributed by atoms with Crippen LogP contribution in [0.3, 0.4) is 0 Å². The number of nitrogens with zero attached hydrogens (tertiary/aromatic N) is 2. The normalized spacial score (nSPS) is 10.1. The molecule has 0 aliphatic carbocycles. The molecule has 0 aliphatic rings. The summed E-state index contributed by atoms with van der Waals surface area (Å²) in [7, 11) is 0. The highest BCUT2D eigenvalue weighted by atomic mass is 35.5. The predicted molar refractivity (Wildman–Crippen MR) is 62.3 cm³/mol. The molecule has 2 N–H and O–H groups in total. The maximum atomic E-state index is 10.5. The summed E-state index contributed by atoms with van der Waals surface area (Å²) in [4.78, 5) is 10.5. The molecular formula is C11H8ClN3O. The number of nitrogens with two attached hydrogens (primary N) is 1. The van der Waals surface area contributed by atoms with Crippen molar-refractivity contribution >= 4 is 23.7 Å². The zero-order valence-corrected chi connectivity index (χ0v) is 8.98. The van der Waals surface area contributed by atoms with Crippen molar-refractivity contribution in [1.29, 1.82) is 0 Å². The van der Waals surface area contributed by atoms with Crippen LogP contribution in [0.5, 0.6) is 0 Å².